The van der Waals surface area contributed by atoms with Crippen LogP contribution in [0.15, 0.2) is 36.4 Å². The molecule has 4 nitrogen and oxygen atoms in total. The maximum Gasteiger partial charge on any atom is 0.255 e. The summed E-state index contributed by atoms with van der Waals surface area (Å²) in [5, 5.41) is 6.31. The van der Waals surface area contributed by atoms with Crippen molar-refractivity contribution in [3.05, 3.63) is 63.7 Å². The van der Waals surface area contributed by atoms with Gasteiger partial charge in [-0.2, -0.15) is 0 Å². The number of halogens is 1. The fourth-order valence-corrected chi connectivity index (χ4v) is 3.52. The Morgan fingerprint density at radius 3 is 2.26 bits per heavy atom. The van der Waals surface area contributed by atoms with Crippen molar-refractivity contribution in [2.45, 2.75) is 52.0 Å². The van der Waals surface area contributed by atoms with Gasteiger partial charge in [-0.05, 0) is 68.1 Å². The molecule has 0 radical (unpaired) electrons. The van der Waals surface area contributed by atoms with Crippen molar-refractivity contribution in [3.63, 3.8) is 0 Å². The predicted molar refractivity (Wildman–Crippen MR) is 110 cm³/mol. The number of hydrogen-bond donors (Lipinski definition) is 2. The lowest BCUT2D eigenvalue weighted by Crippen LogP contribution is -2.36. The van der Waals surface area contributed by atoms with Crippen LogP contribution in [0.3, 0.4) is 0 Å². The van der Waals surface area contributed by atoms with E-state index in [1.54, 1.807) is 24.3 Å². The van der Waals surface area contributed by atoms with Crippen LogP contribution in [0.25, 0.3) is 0 Å². The number of carbonyl (C=O) groups is 2. The molecule has 0 heterocycles. The monoisotopic (exact) mass is 384 g/mol. The highest BCUT2D eigenvalue weighted by molar-refractivity contribution is 6.34. The SMILES string of the molecule is Cc1ccc(C(=O)Nc2cc(C(=O)NC3CCCCC3)ccc2Cl)cc1C. The molecule has 0 bridgehead atoms. The van der Waals surface area contributed by atoms with Gasteiger partial charge in [-0.25, -0.2) is 0 Å². The minimum atomic E-state index is -0.246. The van der Waals surface area contributed by atoms with Crippen molar-refractivity contribution < 1.29 is 9.59 Å². The fraction of sp³-hybridized carbons (Fsp3) is 0.364. The van der Waals surface area contributed by atoms with Crippen LogP contribution >= 0.6 is 11.6 Å². The molecule has 1 saturated carbocycles. The summed E-state index contributed by atoms with van der Waals surface area (Å²) in [7, 11) is 0. The Labute approximate surface area is 165 Å². The first-order chi connectivity index (χ1) is 12.9. The predicted octanol–water partition coefficient (Wildman–Crippen LogP) is 5.27. The van der Waals surface area contributed by atoms with Crippen LogP contribution in [0.5, 0.6) is 0 Å². The first-order valence-corrected chi connectivity index (χ1v) is 9.81. The van der Waals surface area contributed by atoms with E-state index in [1.165, 1.54) is 6.42 Å². The van der Waals surface area contributed by atoms with Crippen LogP contribution in [0.4, 0.5) is 5.69 Å². The molecule has 5 heteroatoms. The molecular weight excluding hydrogens is 360 g/mol. The fourth-order valence-electron chi connectivity index (χ4n) is 3.36. The van der Waals surface area contributed by atoms with E-state index in [-0.39, 0.29) is 17.9 Å². The van der Waals surface area contributed by atoms with Crippen molar-refractivity contribution in [1.29, 1.82) is 0 Å². The average Bonchev–Trinajstić information content (AvgIpc) is 2.66. The van der Waals surface area contributed by atoms with Crippen LogP contribution in [0.2, 0.25) is 5.02 Å². The zero-order valence-corrected chi connectivity index (χ0v) is 16.5. The summed E-state index contributed by atoms with van der Waals surface area (Å²) in [6.07, 6.45) is 5.60. The largest absolute Gasteiger partial charge is 0.349 e. The van der Waals surface area contributed by atoms with Crippen LogP contribution < -0.4 is 10.6 Å². The standard InChI is InChI=1S/C22H25ClN2O2/c1-14-8-9-16(12-15(14)2)22(27)25-20-13-17(10-11-19(20)23)21(26)24-18-6-4-3-5-7-18/h8-13,18H,3-7H2,1-2H3,(H,24,26)(H,25,27). The van der Waals surface area contributed by atoms with Crippen molar-refractivity contribution in [2.24, 2.45) is 0 Å². The minimum Gasteiger partial charge on any atom is -0.349 e. The molecule has 0 saturated heterocycles. The highest BCUT2D eigenvalue weighted by Gasteiger charge is 2.18. The zero-order chi connectivity index (χ0) is 19.4. The van der Waals surface area contributed by atoms with Gasteiger partial charge >= 0.3 is 0 Å². The highest BCUT2D eigenvalue weighted by atomic mass is 35.5. The van der Waals surface area contributed by atoms with Gasteiger partial charge in [-0.1, -0.05) is 36.9 Å². The molecule has 2 aromatic carbocycles. The Morgan fingerprint density at radius 1 is 0.889 bits per heavy atom. The Hall–Kier alpha value is -2.33. The molecule has 2 aromatic rings. The van der Waals surface area contributed by atoms with Crippen LogP contribution in [0, 0.1) is 13.8 Å². The summed E-state index contributed by atoms with van der Waals surface area (Å²) in [4.78, 5) is 25.1. The molecule has 0 aromatic heterocycles. The molecule has 0 atom stereocenters. The Kier molecular flexibility index (Phi) is 6.17. The van der Waals surface area contributed by atoms with Gasteiger partial charge in [0.2, 0.25) is 0 Å². The summed E-state index contributed by atoms with van der Waals surface area (Å²) in [5.74, 6) is -0.370. The molecule has 1 aliphatic carbocycles. The Balaban J connectivity index is 1.73. The summed E-state index contributed by atoms with van der Waals surface area (Å²) in [6.45, 7) is 3.97. The number of benzene rings is 2. The van der Waals surface area contributed by atoms with Gasteiger partial charge in [0.1, 0.15) is 0 Å². The molecule has 0 aliphatic heterocycles. The second kappa shape index (κ2) is 8.57. The average molecular weight is 385 g/mol. The lowest BCUT2D eigenvalue weighted by molar-refractivity contribution is 0.0926. The van der Waals surface area contributed by atoms with Gasteiger partial charge in [-0.3, -0.25) is 9.59 Å². The summed E-state index contributed by atoms with van der Waals surface area (Å²) in [5.41, 5.74) is 3.68. The molecule has 142 valence electrons. The van der Waals surface area contributed by atoms with Gasteiger partial charge in [0.15, 0.2) is 0 Å². The van der Waals surface area contributed by atoms with E-state index in [4.69, 9.17) is 11.6 Å². The van der Waals surface area contributed by atoms with E-state index < -0.39 is 0 Å². The van der Waals surface area contributed by atoms with Gasteiger partial charge in [0.25, 0.3) is 11.8 Å². The maximum atomic E-state index is 12.6. The van der Waals surface area contributed by atoms with Crippen molar-refractivity contribution >= 4 is 29.1 Å². The quantitative estimate of drug-likeness (QED) is 0.754. The zero-order valence-electron chi connectivity index (χ0n) is 15.8. The third-order valence-electron chi connectivity index (χ3n) is 5.19. The number of nitrogens with one attached hydrogen (secondary N) is 2. The molecule has 27 heavy (non-hydrogen) atoms. The van der Waals surface area contributed by atoms with Gasteiger partial charge in [0.05, 0.1) is 10.7 Å². The summed E-state index contributed by atoms with van der Waals surface area (Å²) < 4.78 is 0. The van der Waals surface area contributed by atoms with Gasteiger partial charge in [0, 0.05) is 17.2 Å². The molecule has 3 rings (SSSR count). The normalized spacial score (nSPS) is 14.6. The molecule has 0 spiro atoms. The molecule has 1 fully saturated rings. The Bertz CT molecular complexity index is 857. The van der Waals surface area contributed by atoms with Crippen molar-refractivity contribution in [2.75, 3.05) is 5.32 Å². The van der Waals surface area contributed by atoms with E-state index in [0.29, 0.717) is 21.8 Å². The number of amides is 2. The highest BCUT2D eigenvalue weighted by Crippen LogP contribution is 2.25. The topological polar surface area (TPSA) is 58.2 Å². The second-order valence-electron chi connectivity index (χ2n) is 7.26. The van der Waals surface area contributed by atoms with Crippen LogP contribution in [0.1, 0.15) is 63.9 Å². The third-order valence-corrected chi connectivity index (χ3v) is 5.52. The van der Waals surface area contributed by atoms with E-state index in [2.05, 4.69) is 10.6 Å². The van der Waals surface area contributed by atoms with Gasteiger partial charge < -0.3 is 10.6 Å². The summed E-state index contributed by atoms with van der Waals surface area (Å²) in [6, 6.07) is 10.7. The number of anilines is 1. The van der Waals surface area contributed by atoms with E-state index in [0.717, 1.165) is 36.8 Å². The van der Waals surface area contributed by atoms with Crippen LogP contribution in [-0.2, 0) is 0 Å². The van der Waals surface area contributed by atoms with E-state index >= 15 is 0 Å². The molecule has 2 N–H and O–H groups in total. The molecular formula is C22H25ClN2O2. The lowest BCUT2D eigenvalue weighted by atomic mass is 9.95. The van der Waals surface area contributed by atoms with E-state index in [9.17, 15) is 9.59 Å². The number of carbonyl (C=O) groups excluding carboxylic acids is 2. The first kappa shape index (κ1) is 19.4. The summed E-state index contributed by atoms with van der Waals surface area (Å²) >= 11 is 6.23. The minimum absolute atomic E-state index is 0.125. The number of rotatable bonds is 4. The van der Waals surface area contributed by atoms with Gasteiger partial charge in [-0.15, -0.1) is 0 Å². The lowest BCUT2D eigenvalue weighted by Gasteiger charge is -2.23. The molecule has 2 amide bonds. The maximum absolute atomic E-state index is 12.6. The second-order valence-corrected chi connectivity index (χ2v) is 7.66. The number of hydrogen-bond acceptors (Lipinski definition) is 2. The molecule has 0 unspecified atom stereocenters. The first-order valence-electron chi connectivity index (χ1n) is 9.43. The van der Waals surface area contributed by atoms with Crippen molar-refractivity contribution in [3.8, 4) is 0 Å². The molecule has 1 aliphatic rings. The van der Waals surface area contributed by atoms with E-state index in [1.807, 2.05) is 26.0 Å². The third kappa shape index (κ3) is 4.89. The number of aryl methyl sites for hydroxylation is 2. The Morgan fingerprint density at radius 2 is 1.56 bits per heavy atom. The van der Waals surface area contributed by atoms with Crippen molar-refractivity contribution in [1.82, 2.24) is 5.32 Å². The smallest absolute Gasteiger partial charge is 0.255 e. The van der Waals surface area contributed by atoms with Crippen LogP contribution in [-0.4, -0.2) is 17.9 Å².